The minimum atomic E-state index is -0.763. The summed E-state index contributed by atoms with van der Waals surface area (Å²) in [5, 5.41) is 8.33. The van der Waals surface area contributed by atoms with Gasteiger partial charge in [-0.25, -0.2) is 0 Å². The molecule has 1 atom stereocenters. The molecule has 1 unspecified atom stereocenters. The third-order valence-corrected chi connectivity index (χ3v) is 1.78. The van der Waals surface area contributed by atoms with E-state index >= 15 is 0 Å². The number of hydrogen-bond acceptors (Lipinski definition) is 3. The quantitative estimate of drug-likeness (QED) is 0.622. The largest absolute Gasteiger partial charge is 0.481 e. The van der Waals surface area contributed by atoms with Crippen LogP contribution in [0.3, 0.4) is 0 Å². The van der Waals surface area contributed by atoms with E-state index in [1.807, 2.05) is 0 Å². The van der Waals surface area contributed by atoms with E-state index in [9.17, 15) is 4.79 Å². The Bertz CT molecular complexity index is 140. The van der Waals surface area contributed by atoms with Crippen molar-refractivity contribution in [2.45, 2.75) is 25.4 Å². The maximum Gasteiger partial charge on any atom is 0.303 e. The lowest BCUT2D eigenvalue weighted by molar-refractivity contribution is -0.137. The highest BCUT2D eigenvalue weighted by Crippen LogP contribution is 2.08. The smallest absolute Gasteiger partial charge is 0.303 e. The monoisotopic (exact) mass is 174 g/mol. The van der Waals surface area contributed by atoms with Gasteiger partial charge in [0.15, 0.2) is 0 Å². The van der Waals surface area contributed by atoms with Gasteiger partial charge in [0, 0.05) is 19.6 Å². The first-order chi connectivity index (χ1) is 5.79. The summed E-state index contributed by atoms with van der Waals surface area (Å²) in [6, 6.07) is 0. The van der Waals surface area contributed by atoms with E-state index in [-0.39, 0.29) is 12.5 Å². The van der Waals surface area contributed by atoms with Gasteiger partial charge in [0.2, 0.25) is 0 Å². The summed E-state index contributed by atoms with van der Waals surface area (Å²) in [6.45, 7) is 1.96. The number of carbonyl (C=O) groups is 1. The van der Waals surface area contributed by atoms with Gasteiger partial charge in [-0.15, -0.1) is 0 Å². The van der Waals surface area contributed by atoms with Gasteiger partial charge in [-0.05, 0) is 12.8 Å². The number of hydrogen-bond donors (Lipinski definition) is 1. The molecule has 0 bridgehead atoms. The molecule has 1 aliphatic rings. The molecule has 0 amide bonds. The standard InChI is InChI=1S/C8H14O4/c9-8(10)2-1-4-12-7-3-5-11-6-7/h7H,1-6H2,(H,9,10). The lowest BCUT2D eigenvalue weighted by Crippen LogP contribution is -2.13. The number of carboxylic acid groups (broad SMARTS) is 1. The molecule has 0 aromatic heterocycles. The van der Waals surface area contributed by atoms with Gasteiger partial charge in [-0.2, -0.15) is 0 Å². The molecule has 1 heterocycles. The van der Waals surface area contributed by atoms with Gasteiger partial charge in [0.1, 0.15) is 0 Å². The molecule has 1 saturated heterocycles. The molecule has 4 heteroatoms. The fourth-order valence-electron chi connectivity index (χ4n) is 1.12. The van der Waals surface area contributed by atoms with Crippen LogP contribution in [0.1, 0.15) is 19.3 Å². The summed E-state index contributed by atoms with van der Waals surface area (Å²) in [6.07, 6.45) is 1.91. The van der Waals surface area contributed by atoms with Crippen molar-refractivity contribution in [2.24, 2.45) is 0 Å². The Hall–Kier alpha value is -0.610. The lowest BCUT2D eigenvalue weighted by atomic mass is 10.3. The third kappa shape index (κ3) is 3.69. The average Bonchev–Trinajstić information content (AvgIpc) is 2.49. The first kappa shape index (κ1) is 9.48. The van der Waals surface area contributed by atoms with E-state index in [0.29, 0.717) is 19.6 Å². The third-order valence-electron chi connectivity index (χ3n) is 1.78. The van der Waals surface area contributed by atoms with Crippen LogP contribution < -0.4 is 0 Å². The fraction of sp³-hybridized carbons (Fsp3) is 0.875. The first-order valence-corrected chi connectivity index (χ1v) is 4.20. The van der Waals surface area contributed by atoms with Gasteiger partial charge in [0.25, 0.3) is 0 Å². The topological polar surface area (TPSA) is 55.8 Å². The molecule has 4 nitrogen and oxygen atoms in total. The van der Waals surface area contributed by atoms with Crippen molar-refractivity contribution < 1.29 is 19.4 Å². The second-order valence-electron chi connectivity index (χ2n) is 2.85. The molecular formula is C8H14O4. The van der Waals surface area contributed by atoms with Gasteiger partial charge < -0.3 is 14.6 Å². The van der Waals surface area contributed by atoms with Crippen molar-refractivity contribution >= 4 is 5.97 Å². The first-order valence-electron chi connectivity index (χ1n) is 4.20. The Morgan fingerprint density at radius 2 is 2.50 bits per heavy atom. The number of carboxylic acids is 1. The predicted octanol–water partition coefficient (Wildman–Crippen LogP) is 0.657. The van der Waals surface area contributed by atoms with Crippen molar-refractivity contribution in [3.05, 3.63) is 0 Å². The highest BCUT2D eigenvalue weighted by molar-refractivity contribution is 5.66. The minimum Gasteiger partial charge on any atom is -0.481 e. The average molecular weight is 174 g/mol. The molecule has 0 radical (unpaired) electrons. The van der Waals surface area contributed by atoms with Crippen molar-refractivity contribution in [2.75, 3.05) is 19.8 Å². The molecule has 1 fully saturated rings. The van der Waals surface area contributed by atoms with E-state index in [0.717, 1.165) is 13.0 Å². The maximum atomic E-state index is 10.1. The van der Waals surface area contributed by atoms with Crippen molar-refractivity contribution in [1.29, 1.82) is 0 Å². The molecule has 0 aliphatic carbocycles. The van der Waals surface area contributed by atoms with Crippen LogP contribution in [0.2, 0.25) is 0 Å². The lowest BCUT2D eigenvalue weighted by Gasteiger charge is -2.07. The number of rotatable bonds is 5. The Labute approximate surface area is 71.5 Å². The van der Waals surface area contributed by atoms with E-state index in [2.05, 4.69) is 0 Å². The molecule has 0 saturated carbocycles. The van der Waals surface area contributed by atoms with Crippen LogP contribution >= 0.6 is 0 Å². The summed E-state index contributed by atoms with van der Waals surface area (Å²) in [4.78, 5) is 10.1. The molecular weight excluding hydrogens is 160 g/mol. The van der Waals surface area contributed by atoms with E-state index in [1.54, 1.807) is 0 Å². The highest BCUT2D eigenvalue weighted by atomic mass is 16.5. The van der Waals surface area contributed by atoms with Crippen LogP contribution in [-0.4, -0.2) is 37.0 Å². The second-order valence-corrected chi connectivity index (χ2v) is 2.85. The maximum absolute atomic E-state index is 10.1. The number of ether oxygens (including phenoxy) is 2. The summed E-state index contributed by atoms with van der Waals surface area (Å²) in [5.74, 6) is -0.763. The summed E-state index contributed by atoms with van der Waals surface area (Å²) < 4.78 is 10.5. The molecule has 0 aromatic rings. The van der Waals surface area contributed by atoms with Crippen LogP contribution in [0.4, 0.5) is 0 Å². The molecule has 1 N–H and O–H groups in total. The number of aliphatic carboxylic acids is 1. The second kappa shape index (κ2) is 5.11. The summed E-state index contributed by atoms with van der Waals surface area (Å²) in [5.41, 5.74) is 0. The van der Waals surface area contributed by atoms with Crippen molar-refractivity contribution in [3.8, 4) is 0 Å². The van der Waals surface area contributed by atoms with Crippen LogP contribution in [0.15, 0.2) is 0 Å². The SMILES string of the molecule is O=C(O)CCCOC1CCOC1. The molecule has 1 aliphatic heterocycles. The van der Waals surface area contributed by atoms with Crippen LogP contribution in [0.25, 0.3) is 0 Å². The van der Waals surface area contributed by atoms with Crippen molar-refractivity contribution in [1.82, 2.24) is 0 Å². The van der Waals surface area contributed by atoms with Crippen LogP contribution in [0, 0.1) is 0 Å². The molecule has 0 spiro atoms. The highest BCUT2D eigenvalue weighted by Gasteiger charge is 2.15. The van der Waals surface area contributed by atoms with Gasteiger partial charge in [-0.1, -0.05) is 0 Å². The van der Waals surface area contributed by atoms with Crippen molar-refractivity contribution in [3.63, 3.8) is 0 Å². The van der Waals surface area contributed by atoms with E-state index < -0.39 is 5.97 Å². The Morgan fingerprint density at radius 3 is 3.08 bits per heavy atom. The minimum absolute atomic E-state index is 0.188. The Kier molecular flexibility index (Phi) is 4.04. The molecule has 12 heavy (non-hydrogen) atoms. The zero-order valence-electron chi connectivity index (χ0n) is 6.99. The van der Waals surface area contributed by atoms with Gasteiger partial charge >= 0.3 is 5.97 Å². The van der Waals surface area contributed by atoms with Gasteiger partial charge in [-0.3, -0.25) is 4.79 Å². The van der Waals surface area contributed by atoms with Gasteiger partial charge in [0.05, 0.1) is 12.7 Å². The summed E-state index contributed by atoms with van der Waals surface area (Å²) >= 11 is 0. The van der Waals surface area contributed by atoms with Crippen LogP contribution in [0.5, 0.6) is 0 Å². The predicted molar refractivity (Wildman–Crippen MR) is 42.0 cm³/mol. The normalized spacial score (nSPS) is 22.8. The van der Waals surface area contributed by atoms with E-state index in [4.69, 9.17) is 14.6 Å². The fourth-order valence-corrected chi connectivity index (χ4v) is 1.12. The molecule has 70 valence electrons. The summed E-state index contributed by atoms with van der Waals surface area (Å²) in [7, 11) is 0. The van der Waals surface area contributed by atoms with E-state index in [1.165, 1.54) is 0 Å². The Balaban J connectivity index is 1.91. The molecule has 1 rings (SSSR count). The zero-order valence-corrected chi connectivity index (χ0v) is 6.99. The Morgan fingerprint density at radius 1 is 1.67 bits per heavy atom. The van der Waals surface area contributed by atoms with Crippen LogP contribution in [-0.2, 0) is 14.3 Å². The molecule has 0 aromatic carbocycles. The zero-order chi connectivity index (χ0) is 8.81.